The fourth-order valence-electron chi connectivity index (χ4n) is 3.13. The number of hydrogen-bond acceptors (Lipinski definition) is 4. The quantitative estimate of drug-likeness (QED) is 0.806. The predicted octanol–water partition coefficient (Wildman–Crippen LogP) is 2.20. The van der Waals surface area contributed by atoms with Gasteiger partial charge in [-0.25, -0.2) is 4.79 Å². The van der Waals surface area contributed by atoms with Gasteiger partial charge >= 0.3 is 5.76 Å². The molecular formula is C18H17N3O2. The largest absolute Gasteiger partial charge is 0.442 e. The predicted molar refractivity (Wildman–Crippen MR) is 87.2 cm³/mol. The second-order valence-electron chi connectivity index (χ2n) is 5.71. The van der Waals surface area contributed by atoms with Crippen LogP contribution in [0.3, 0.4) is 0 Å². The summed E-state index contributed by atoms with van der Waals surface area (Å²) in [5.74, 6) is 0.150. The third kappa shape index (κ3) is 2.59. The summed E-state index contributed by atoms with van der Waals surface area (Å²) in [7, 11) is 0. The van der Waals surface area contributed by atoms with Crippen molar-refractivity contribution >= 4 is 0 Å². The molecule has 0 aliphatic carbocycles. The minimum atomic E-state index is -0.421. The van der Waals surface area contributed by atoms with Gasteiger partial charge in [0.05, 0.1) is 6.54 Å². The molecule has 0 atom stereocenters. The van der Waals surface area contributed by atoms with Crippen LogP contribution in [0, 0.1) is 0 Å². The molecule has 0 spiro atoms. The third-order valence-electron chi connectivity index (χ3n) is 4.28. The second-order valence-corrected chi connectivity index (χ2v) is 5.71. The fraction of sp³-hybridized carbons (Fsp3) is 0.222. The molecule has 0 bridgehead atoms. The van der Waals surface area contributed by atoms with Crippen molar-refractivity contribution in [3.05, 3.63) is 75.8 Å². The van der Waals surface area contributed by atoms with Crippen molar-refractivity contribution in [3.63, 3.8) is 0 Å². The molecule has 0 amide bonds. The molecule has 1 aromatic heterocycles. The molecule has 0 unspecified atom stereocenters. The van der Waals surface area contributed by atoms with E-state index < -0.39 is 5.76 Å². The molecule has 0 radical (unpaired) electrons. The van der Waals surface area contributed by atoms with E-state index in [1.165, 1.54) is 11.1 Å². The molecule has 0 saturated heterocycles. The lowest BCUT2D eigenvalue weighted by molar-refractivity contribution is 0.378. The van der Waals surface area contributed by atoms with Crippen LogP contribution in [0.5, 0.6) is 0 Å². The normalized spacial score (nSPS) is 13.7. The summed E-state index contributed by atoms with van der Waals surface area (Å²) >= 11 is 0. The lowest BCUT2D eigenvalue weighted by Gasteiger charge is -2.20. The number of aromatic nitrogens is 2. The van der Waals surface area contributed by atoms with Crippen molar-refractivity contribution in [2.45, 2.75) is 19.5 Å². The Labute approximate surface area is 133 Å². The van der Waals surface area contributed by atoms with Gasteiger partial charge in [-0.05, 0) is 29.7 Å². The van der Waals surface area contributed by atoms with E-state index in [1.54, 1.807) is 4.57 Å². The summed E-state index contributed by atoms with van der Waals surface area (Å²) in [6.45, 7) is 2.33. The maximum atomic E-state index is 12.1. The number of rotatable bonds is 3. The van der Waals surface area contributed by atoms with E-state index in [9.17, 15) is 4.79 Å². The smallest absolute Gasteiger partial charge is 0.312 e. The van der Waals surface area contributed by atoms with E-state index >= 15 is 0 Å². The zero-order valence-electron chi connectivity index (χ0n) is 12.7. The summed E-state index contributed by atoms with van der Waals surface area (Å²) in [4.78, 5) is 12.1. The highest BCUT2D eigenvalue weighted by Gasteiger charge is 2.17. The van der Waals surface area contributed by atoms with E-state index in [0.29, 0.717) is 12.4 Å². The molecule has 0 saturated carbocycles. The molecule has 5 heteroatoms. The van der Waals surface area contributed by atoms with Crippen molar-refractivity contribution < 1.29 is 4.52 Å². The van der Waals surface area contributed by atoms with Gasteiger partial charge in [-0.1, -0.05) is 53.7 Å². The zero-order chi connectivity index (χ0) is 15.6. The van der Waals surface area contributed by atoms with Crippen LogP contribution in [0.2, 0.25) is 0 Å². The van der Waals surface area contributed by atoms with Gasteiger partial charge in [0, 0.05) is 12.1 Å². The molecule has 116 valence electrons. The minimum absolute atomic E-state index is 0.421. The zero-order valence-corrected chi connectivity index (χ0v) is 12.7. The van der Waals surface area contributed by atoms with E-state index in [1.807, 2.05) is 36.4 Å². The van der Waals surface area contributed by atoms with Gasteiger partial charge in [-0.3, -0.25) is 9.09 Å². The lowest BCUT2D eigenvalue weighted by atomic mass is 9.95. The maximum absolute atomic E-state index is 12.1. The Bertz CT molecular complexity index is 881. The molecule has 1 aliphatic rings. The summed E-state index contributed by atoms with van der Waals surface area (Å²) < 4.78 is 6.52. The Hall–Kier alpha value is -2.66. The lowest BCUT2D eigenvalue weighted by Crippen LogP contribution is -2.26. The van der Waals surface area contributed by atoms with E-state index in [0.717, 1.165) is 30.6 Å². The van der Waals surface area contributed by atoms with Crippen molar-refractivity contribution in [2.24, 2.45) is 0 Å². The molecule has 3 aromatic rings. The van der Waals surface area contributed by atoms with E-state index in [2.05, 4.69) is 22.6 Å². The van der Waals surface area contributed by atoms with Crippen LogP contribution in [-0.2, 0) is 19.5 Å². The van der Waals surface area contributed by atoms with Crippen molar-refractivity contribution in [1.29, 1.82) is 0 Å². The monoisotopic (exact) mass is 307 g/mol. The summed E-state index contributed by atoms with van der Waals surface area (Å²) in [5, 5.41) is 7.33. The van der Waals surface area contributed by atoms with Gasteiger partial charge in [0.25, 0.3) is 0 Å². The van der Waals surface area contributed by atoms with E-state index in [-0.39, 0.29) is 0 Å². The third-order valence-corrected chi connectivity index (χ3v) is 4.28. The van der Waals surface area contributed by atoms with Crippen molar-refractivity contribution in [1.82, 2.24) is 15.0 Å². The number of hydrogen-bond donors (Lipinski definition) is 1. The first kappa shape index (κ1) is 14.0. The summed E-state index contributed by atoms with van der Waals surface area (Å²) in [6, 6.07) is 15.9. The highest BCUT2D eigenvalue weighted by molar-refractivity contribution is 5.54. The highest BCUT2D eigenvalue weighted by Crippen LogP contribution is 2.21. The molecule has 1 N–H and O–H groups in total. The Morgan fingerprint density at radius 2 is 2.00 bits per heavy atom. The first-order valence-corrected chi connectivity index (χ1v) is 7.75. The average molecular weight is 307 g/mol. The summed E-state index contributed by atoms with van der Waals surface area (Å²) in [6.07, 6.45) is 0.978. The van der Waals surface area contributed by atoms with Gasteiger partial charge < -0.3 is 5.32 Å². The number of benzene rings is 2. The maximum Gasteiger partial charge on any atom is 0.442 e. The van der Waals surface area contributed by atoms with Crippen molar-refractivity contribution in [3.8, 4) is 11.4 Å². The average Bonchev–Trinajstić information content (AvgIpc) is 2.97. The summed E-state index contributed by atoms with van der Waals surface area (Å²) in [5.41, 5.74) is 4.68. The molecule has 2 aromatic carbocycles. The van der Waals surface area contributed by atoms with Gasteiger partial charge in [0.2, 0.25) is 0 Å². The van der Waals surface area contributed by atoms with Gasteiger partial charge in [0.1, 0.15) is 0 Å². The Morgan fingerprint density at radius 1 is 1.13 bits per heavy atom. The van der Waals surface area contributed by atoms with Crippen LogP contribution < -0.4 is 11.1 Å². The first-order chi connectivity index (χ1) is 11.3. The SMILES string of the molecule is O=c1onc(-c2ccccc2)n1Cc1cccc2c1CCNC2. The molecule has 2 heterocycles. The molecule has 0 fully saturated rings. The molecular weight excluding hydrogens is 290 g/mol. The number of nitrogens with zero attached hydrogens (tertiary/aromatic N) is 2. The highest BCUT2D eigenvalue weighted by atomic mass is 16.5. The van der Waals surface area contributed by atoms with E-state index in [4.69, 9.17) is 4.52 Å². The number of nitrogens with one attached hydrogen (secondary N) is 1. The minimum Gasteiger partial charge on any atom is -0.312 e. The standard InChI is InChI=1S/C18H17N3O2/c22-18-21(17(20-23-18)13-5-2-1-3-6-13)12-15-8-4-7-14-11-19-10-9-16(14)15/h1-8,19H,9-12H2. The van der Waals surface area contributed by atoms with Crippen LogP contribution in [0.25, 0.3) is 11.4 Å². The van der Waals surface area contributed by atoms with Crippen molar-refractivity contribution in [2.75, 3.05) is 6.54 Å². The van der Waals surface area contributed by atoms with Crippen LogP contribution in [0.1, 0.15) is 16.7 Å². The second kappa shape index (κ2) is 5.85. The van der Waals surface area contributed by atoms with Crippen LogP contribution >= 0.6 is 0 Å². The topological polar surface area (TPSA) is 60.1 Å². The first-order valence-electron chi connectivity index (χ1n) is 7.75. The molecule has 4 rings (SSSR count). The Kier molecular flexibility index (Phi) is 3.55. The molecule has 5 nitrogen and oxygen atoms in total. The molecule has 1 aliphatic heterocycles. The van der Waals surface area contributed by atoms with Gasteiger partial charge in [-0.15, -0.1) is 0 Å². The Balaban J connectivity index is 1.76. The van der Waals surface area contributed by atoms with Gasteiger partial charge in [0.15, 0.2) is 5.82 Å². The van der Waals surface area contributed by atoms with Gasteiger partial charge in [-0.2, -0.15) is 0 Å². The molecule has 23 heavy (non-hydrogen) atoms. The fourth-order valence-corrected chi connectivity index (χ4v) is 3.13. The van der Waals surface area contributed by atoms with Crippen LogP contribution in [-0.4, -0.2) is 16.3 Å². The Morgan fingerprint density at radius 3 is 2.87 bits per heavy atom. The van der Waals surface area contributed by atoms with Crippen LogP contribution in [0.4, 0.5) is 0 Å². The number of fused-ring (bicyclic) bond motifs is 1. The van der Waals surface area contributed by atoms with Crippen LogP contribution in [0.15, 0.2) is 57.8 Å².